The Morgan fingerprint density at radius 3 is 2.14 bits per heavy atom. The average molecular weight is 309 g/mol. The quantitative estimate of drug-likeness (QED) is 0.868. The molecule has 126 valence electrons. The molecule has 0 spiro atoms. The van der Waals surface area contributed by atoms with E-state index in [0.29, 0.717) is 5.91 Å². The van der Waals surface area contributed by atoms with Crippen LogP contribution in [0.2, 0.25) is 0 Å². The second-order valence-electron chi connectivity index (χ2n) is 6.56. The minimum absolute atomic E-state index is 0.0297. The van der Waals surface area contributed by atoms with Crippen LogP contribution < -0.4 is 5.32 Å². The summed E-state index contributed by atoms with van der Waals surface area (Å²) in [4.78, 5) is 28.4. The smallest absolute Gasteiger partial charge is 0.317 e. The minimum atomic E-state index is 0.0297. The normalized spacial score (nSPS) is 20.7. The minimum Gasteiger partial charge on any atom is -0.342 e. The number of hydrogen-bond acceptors (Lipinski definition) is 2. The summed E-state index contributed by atoms with van der Waals surface area (Å²) in [5.74, 6) is 0.615. The monoisotopic (exact) mass is 309 g/mol. The van der Waals surface area contributed by atoms with Gasteiger partial charge in [0.2, 0.25) is 5.91 Å². The molecule has 3 amide bonds. The molecule has 0 aromatic rings. The number of carbonyl (C=O) groups excluding carboxylic acids is 2. The number of piperidine rings is 1. The number of hydrogen-bond donors (Lipinski definition) is 1. The molecule has 5 heteroatoms. The zero-order chi connectivity index (χ0) is 15.9. The first-order chi connectivity index (χ1) is 10.7. The maximum atomic E-state index is 12.5. The topological polar surface area (TPSA) is 52.7 Å². The Labute approximate surface area is 134 Å². The van der Waals surface area contributed by atoms with Gasteiger partial charge in [0.15, 0.2) is 0 Å². The standard InChI is InChI=1S/C17H31N3O2/c1-3-19(4-2)17(22)18-15-10-12-20(13-11-15)16(21)14-8-6-5-7-9-14/h14-15H,3-13H2,1-2H3,(H,18,22). The molecule has 1 heterocycles. The highest BCUT2D eigenvalue weighted by Gasteiger charge is 2.29. The van der Waals surface area contributed by atoms with Crippen molar-refractivity contribution in [1.82, 2.24) is 15.1 Å². The summed E-state index contributed by atoms with van der Waals surface area (Å²) in [7, 11) is 0. The van der Waals surface area contributed by atoms with E-state index >= 15 is 0 Å². The third-order valence-corrected chi connectivity index (χ3v) is 5.14. The van der Waals surface area contributed by atoms with Crippen molar-refractivity contribution in [3.05, 3.63) is 0 Å². The van der Waals surface area contributed by atoms with Crippen molar-refractivity contribution in [2.45, 2.75) is 64.8 Å². The van der Waals surface area contributed by atoms with Crippen LogP contribution in [0.4, 0.5) is 4.79 Å². The van der Waals surface area contributed by atoms with E-state index in [9.17, 15) is 9.59 Å². The Bertz CT molecular complexity index is 368. The van der Waals surface area contributed by atoms with Gasteiger partial charge < -0.3 is 15.1 Å². The van der Waals surface area contributed by atoms with Crippen LogP contribution in [0.1, 0.15) is 58.8 Å². The molecule has 1 saturated carbocycles. The van der Waals surface area contributed by atoms with Crippen molar-refractivity contribution < 1.29 is 9.59 Å². The highest BCUT2D eigenvalue weighted by molar-refractivity contribution is 5.79. The van der Waals surface area contributed by atoms with Crippen LogP contribution in [-0.2, 0) is 4.79 Å². The van der Waals surface area contributed by atoms with E-state index in [-0.39, 0.29) is 18.0 Å². The number of likely N-dealkylation sites (tertiary alicyclic amines) is 1. The summed E-state index contributed by atoms with van der Waals surface area (Å²) in [5.41, 5.74) is 0. The molecule has 2 fully saturated rings. The van der Waals surface area contributed by atoms with E-state index < -0.39 is 0 Å². The van der Waals surface area contributed by atoms with Gasteiger partial charge in [0.25, 0.3) is 0 Å². The van der Waals surface area contributed by atoms with Gasteiger partial charge in [0.05, 0.1) is 0 Å². The van der Waals surface area contributed by atoms with Gasteiger partial charge in [0.1, 0.15) is 0 Å². The van der Waals surface area contributed by atoms with Crippen molar-refractivity contribution in [3.8, 4) is 0 Å². The third-order valence-electron chi connectivity index (χ3n) is 5.14. The molecule has 0 unspecified atom stereocenters. The largest absolute Gasteiger partial charge is 0.342 e. The van der Waals surface area contributed by atoms with Crippen molar-refractivity contribution in [3.63, 3.8) is 0 Å². The molecule has 0 aromatic carbocycles. The lowest BCUT2D eigenvalue weighted by molar-refractivity contribution is -0.137. The van der Waals surface area contributed by atoms with E-state index in [2.05, 4.69) is 5.32 Å². The summed E-state index contributed by atoms with van der Waals surface area (Å²) >= 11 is 0. The molecule has 0 atom stereocenters. The second-order valence-corrected chi connectivity index (χ2v) is 6.56. The lowest BCUT2D eigenvalue weighted by Crippen LogP contribution is -2.51. The predicted molar refractivity (Wildman–Crippen MR) is 87.6 cm³/mol. The molecule has 1 N–H and O–H groups in total. The van der Waals surface area contributed by atoms with Crippen LogP contribution in [0.25, 0.3) is 0 Å². The van der Waals surface area contributed by atoms with Crippen molar-refractivity contribution in [2.75, 3.05) is 26.2 Å². The van der Waals surface area contributed by atoms with Crippen LogP contribution in [0.5, 0.6) is 0 Å². The molecule has 2 aliphatic rings. The molecule has 1 aliphatic carbocycles. The Kier molecular flexibility index (Phi) is 6.52. The van der Waals surface area contributed by atoms with Crippen LogP contribution in [0.3, 0.4) is 0 Å². The summed E-state index contributed by atoms with van der Waals surface area (Å²) in [5, 5.41) is 3.11. The number of amides is 3. The number of rotatable bonds is 4. The Morgan fingerprint density at radius 2 is 1.59 bits per heavy atom. The van der Waals surface area contributed by atoms with Crippen molar-refractivity contribution in [1.29, 1.82) is 0 Å². The van der Waals surface area contributed by atoms with Gasteiger partial charge in [-0.05, 0) is 39.5 Å². The lowest BCUT2D eigenvalue weighted by Gasteiger charge is -2.36. The summed E-state index contributed by atoms with van der Waals surface area (Å²) in [6, 6.07) is 0.241. The first-order valence-corrected chi connectivity index (χ1v) is 8.99. The van der Waals surface area contributed by atoms with Gasteiger partial charge in [-0.2, -0.15) is 0 Å². The third kappa shape index (κ3) is 4.37. The first-order valence-electron chi connectivity index (χ1n) is 8.99. The van der Waals surface area contributed by atoms with Crippen LogP contribution in [-0.4, -0.2) is 54.0 Å². The Balaban J connectivity index is 1.75. The van der Waals surface area contributed by atoms with Crippen molar-refractivity contribution >= 4 is 11.9 Å². The number of urea groups is 1. The zero-order valence-electron chi connectivity index (χ0n) is 14.1. The molecule has 2 rings (SSSR count). The first kappa shape index (κ1) is 17.1. The summed E-state index contributed by atoms with van der Waals surface area (Å²) in [6.07, 6.45) is 7.58. The fourth-order valence-electron chi connectivity index (χ4n) is 3.63. The molecular weight excluding hydrogens is 278 g/mol. The number of nitrogens with one attached hydrogen (secondary N) is 1. The highest BCUT2D eigenvalue weighted by Crippen LogP contribution is 2.26. The van der Waals surface area contributed by atoms with Gasteiger partial charge in [-0.3, -0.25) is 4.79 Å². The maximum Gasteiger partial charge on any atom is 0.317 e. The average Bonchev–Trinajstić information content (AvgIpc) is 2.57. The van der Waals surface area contributed by atoms with Gasteiger partial charge in [0, 0.05) is 38.1 Å². The van der Waals surface area contributed by atoms with Crippen LogP contribution in [0.15, 0.2) is 0 Å². The van der Waals surface area contributed by atoms with Crippen LogP contribution in [0, 0.1) is 5.92 Å². The molecular formula is C17H31N3O2. The summed E-state index contributed by atoms with van der Waals surface area (Å²) in [6.45, 7) is 7.04. The molecule has 5 nitrogen and oxygen atoms in total. The molecule has 22 heavy (non-hydrogen) atoms. The van der Waals surface area contributed by atoms with E-state index in [0.717, 1.165) is 51.9 Å². The van der Waals surface area contributed by atoms with Gasteiger partial charge in [-0.15, -0.1) is 0 Å². The van der Waals surface area contributed by atoms with E-state index in [4.69, 9.17) is 0 Å². The number of nitrogens with zero attached hydrogens (tertiary/aromatic N) is 2. The predicted octanol–water partition coefficient (Wildman–Crippen LogP) is 2.61. The van der Waals surface area contributed by atoms with E-state index in [1.54, 1.807) is 4.90 Å². The van der Waals surface area contributed by atoms with Crippen LogP contribution >= 0.6 is 0 Å². The van der Waals surface area contributed by atoms with E-state index in [1.807, 2.05) is 18.7 Å². The van der Waals surface area contributed by atoms with Gasteiger partial charge in [-0.25, -0.2) is 4.79 Å². The van der Waals surface area contributed by atoms with Gasteiger partial charge >= 0.3 is 6.03 Å². The highest BCUT2D eigenvalue weighted by atomic mass is 16.2. The number of carbonyl (C=O) groups is 2. The van der Waals surface area contributed by atoms with Gasteiger partial charge in [-0.1, -0.05) is 19.3 Å². The fraction of sp³-hybridized carbons (Fsp3) is 0.882. The second kappa shape index (κ2) is 8.39. The summed E-state index contributed by atoms with van der Waals surface area (Å²) < 4.78 is 0. The molecule has 0 bridgehead atoms. The van der Waals surface area contributed by atoms with Crippen molar-refractivity contribution in [2.24, 2.45) is 5.92 Å². The molecule has 1 aliphatic heterocycles. The van der Waals surface area contributed by atoms with E-state index in [1.165, 1.54) is 19.3 Å². The molecule has 0 aromatic heterocycles. The Hall–Kier alpha value is -1.26. The zero-order valence-corrected chi connectivity index (χ0v) is 14.1. The Morgan fingerprint density at radius 1 is 1.00 bits per heavy atom. The lowest BCUT2D eigenvalue weighted by atomic mass is 9.87. The SMILES string of the molecule is CCN(CC)C(=O)NC1CCN(C(=O)C2CCCCC2)CC1. The molecule has 0 radical (unpaired) electrons. The fourth-order valence-corrected chi connectivity index (χ4v) is 3.63. The molecule has 1 saturated heterocycles. The maximum absolute atomic E-state index is 12.5.